The maximum atomic E-state index is 12.0. The van der Waals surface area contributed by atoms with Crippen molar-refractivity contribution in [3.05, 3.63) is 65.2 Å². The van der Waals surface area contributed by atoms with Crippen LogP contribution in [-0.2, 0) is 16.0 Å². The van der Waals surface area contributed by atoms with Gasteiger partial charge in [-0.1, -0.05) is 6.07 Å². The number of carbonyl (C=O) groups is 2. The second-order valence-electron chi connectivity index (χ2n) is 5.36. The van der Waals surface area contributed by atoms with E-state index in [1.165, 1.54) is 13.2 Å². The van der Waals surface area contributed by atoms with Gasteiger partial charge in [0.15, 0.2) is 0 Å². The highest BCUT2D eigenvalue weighted by atomic mass is 16.5. The quantitative estimate of drug-likeness (QED) is 0.694. The van der Waals surface area contributed by atoms with Crippen LogP contribution in [0.5, 0.6) is 5.75 Å². The molecule has 0 unspecified atom stereocenters. The van der Waals surface area contributed by atoms with Crippen LogP contribution in [0.25, 0.3) is 6.08 Å². The maximum absolute atomic E-state index is 12.0. The zero-order chi connectivity index (χ0) is 16.9. The molecule has 0 spiro atoms. The van der Waals surface area contributed by atoms with E-state index >= 15 is 0 Å². The fourth-order valence-corrected chi connectivity index (χ4v) is 2.47. The lowest BCUT2D eigenvalue weighted by atomic mass is 10.1. The number of ether oxygens (including phenoxy) is 2. The minimum atomic E-state index is -0.409. The van der Waals surface area contributed by atoms with E-state index in [0.717, 1.165) is 23.3 Å². The number of hydrogen-bond donors (Lipinski definition) is 1. The van der Waals surface area contributed by atoms with Crippen LogP contribution in [0, 0.1) is 0 Å². The molecule has 0 saturated carbocycles. The van der Waals surface area contributed by atoms with Gasteiger partial charge in [0.1, 0.15) is 5.75 Å². The highest BCUT2D eigenvalue weighted by Gasteiger charge is 2.11. The molecule has 0 radical (unpaired) electrons. The van der Waals surface area contributed by atoms with Crippen LogP contribution in [-0.4, -0.2) is 25.6 Å². The molecule has 0 fully saturated rings. The Labute approximate surface area is 139 Å². The van der Waals surface area contributed by atoms with Crippen LogP contribution in [0.15, 0.2) is 48.5 Å². The standard InChI is InChI=1S/C19H17NO4/c1-23-19(22)14-4-6-16(7-5-14)20-18(21)9-3-13-2-8-17-15(12-13)10-11-24-17/h2-9,12H,10-11H2,1H3,(H,20,21)/b9-3+. The number of amides is 1. The lowest BCUT2D eigenvalue weighted by Gasteiger charge is -2.04. The van der Waals surface area contributed by atoms with Gasteiger partial charge in [-0.25, -0.2) is 4.79 Å². The molecule has 0 saturated heterocycles. The van der Waals surface area contributed by atoms with E-state index in [4.69, 9.17) is 4.74 Å². The average molecular weight is 323 g/mol. The maximum Gasteiger partial charge on any atom is 0.337 e. The van der Waals surface area contributed by atoms with Crippen molar-refractivity contribution in [3.63, 3.8) is 0 Å². The largest absolute Gasteiger partial charge is 0.493 e. The number of benzene rings is 2. The summed E-state index contributed by atoms with van der Waals surface area (Å²) in [4.78, 5) is 23.3. The number of fused-ring (bicyclic) bond motifs is 1. The van der Waals surface area contributed by atoms with Gasteiger partial charge >= 0.3 is 5.97 Å². The molecule has 24 heavy (non-hydrogen) atoms. The Morgan fingerprint density at radius 1 is 1.17 bits per heavy atom. The Balaban J connectivity index is 1.62. The summed E-state index contributed by atoms with van der Waals surface area (Å²) in [7, 11) is 1.33. The summed E-state index contributed by atoms with van der Waals surface area (Å²) in [6.45, 7) is 0.713. The molecule has 2 aromatic carbocycles. The first-order chi connectivity index (χ1) is 11.7. The molecule has 3 rings (SSSR count). The monoisotopic (exact) mass is 323 g/mol. The minimum Gasteiger partial charge on any atom is -0.493 e. The van der Waals surface area contributed by atoms with Gasteiger partial charge in [-0.2, -0.15) is 0 Å². The summed E-state index contributed by atoms with van der Waals surface area (Å²) in [6, 6.07) is 12.4. The third-order valence-electron chi connectivity index (χ3n) is 3.71. The van der Waals surface area contributed by atoms with E-state index < -0.39 is 5.97 Å². The van der Waals surface area contributed by atoms with Crippen LogP contribution in [0.1, 0.15) is 21.5 Å². The van der Waals surface area contributed by atoms with E-state index in [2.05, 4.69) is 10.1 Å². The number of carbonyl (C=O) groups excluding carboxylic acids is 2. The Morgan fingerprint density at radius 2 is 1.96 bits per heavy atom. The molecule has 1 aliphatic heterocycles. The number of nitrogens with one attached hydrogen (secondary N) is 1. The van der Waals surface area contributed by atoms with Crippen molar-refractivity contribution >= 4 is 23.6 Å². The Kier molecular flexibility index (Phi) is 4.61. The number of methoxy groups -OCH3 is 1. The van der Waals surface area contributed by atoms with Crippen molar-refractivity contribution in [3.8, 4) is 5.75 Å². The van der Waals surface area contributed by atoms with Crippen molar-refractivity contribution in [2.45, 2.75) is 6.42 Å². The Bertz CT molecular complexity index is 794. The molecule has 1 aliphatic rings. The Morgan fingerprint density at radius 3 is 2.71 bits per heavy atom. The zero-order valence-corrected chi connectivity index (χ0v) is 13.2. The van der Waals surface area contributed by atoms with E-state index in [0.29, 0.717) is 17.9 Å². The van der Waals surface area contributed by atoms with Crippen LogP contribution in [0.2, 0.25) is 0 Å². The predicted molar refractivity (Wildman–Crippen MR) is 91.1 cm³/mol. The molecule has 0 atom stereocenters. The lowest BCUT2D eigenvalue weighted by molar-refractivity contribution is -0.111. The van der Waals surface area contributed by atoms with Gasteiger partial charge in [0.2, 0.25) is 5.91 Å². The summed E-state index contributed by atoms with van der Waals surface area (Å²) in [5.41, 5.74) is 3.16. The predicted octanol–water partition coefficient (Wildman–Crippen LogP) is 3.06. The van der Waals surface area contributed by atoms with Gasteiger partial charge in [0, 0.05) is 18.2 Å². The highest BCUT2D eigenvalue weighted by molar-refractivity contribution is 6.02. The third-order valence-corrected chi connectivity index (χ3v) is 3.71. The van der Waals surface area contributed by atoms with Crippen LogP contribution in [0.3, 0.4) is 0 Å². The Hall–Kier alpha value is -3.08. The van der Waals surface area contributed by atoms with Gasteiger partial charge in [-0.3, -0.25) is 4.79 Å². The number of anilines is 1. The van der Waals surface area contributed by atoms with E-state index in [1.54, 1.807) is 30.3 Å². The fraction of sp³-hybridized carbons (Fsp3) is 0.158. The molecule has 0 bridgehead atoms. The minimum absolute atomic E-state index is 0.238. The van der Waals surface area contributed by atoms with Crippen molar-refractivity contribution < 1.29 is 19.1 Å². The number of esters is 1. The second kappa shape index (κ2) is 7.00. The molecule has 1 heterocycles. The van der Waals surface area contributed by atoms with Crippen LogP contribution in [0.4, 0.5) is 5.69 Å². The van der Waals surface area contributed by atoms with Crippen molar-refractivity contribution in [1.29, 1.82) is 0 Å². The summed E-state index contributed by atoms with van der Waals surface area (Å²) in [5, 5.41) is 2.75. The van der Waals surface area contributed by atoms with Gasteiger partial charge in [-0.05, 0) is 53.6 Å². The van der Waals surface area contributed by atoms with Crippen molar-refractivity contribution in [2.24, 2.45) is 0 Å². The first kappa shape index (κ1) is 15.8. The molecule has 5 heteroatoms. The average Bonchev–Trinajstić information content (AvgIpc) is 3.07. The molecule has 122 valence electrons. The van der Waals surface area contributed by atoms with E-state index in [-0.39, 0.29) is 5.91 Å². The van der Waals surface area contributed by atoms with E-state index in [1.807, 2.05) is 18.2 Å². The van der Waals surface area contributed by atoms with Gasteiger partial charge in [-0.15, -0.1) is 0 Å². The smallest absolute Gasteiger partial charge is 0.337 e. The van der Waals surface area contributed by atoms with Gasteiger partial charge in [0.25, 0.3) is 0 Å². The van der Waals surface area contributed by atoms with Gasteiger partial charge < -0.3 is 14.8 Å². The molecule has 1 amide bonds. The summed E-state index contributed by atoms with van der Waals surface area (Å²) < 4.78 is 10.1. The fourth-order valence-electron chi connectivity index (χ4n) is 2.47. The summed E-state index contributed by atoms with van der Waals surface area (Å²) >= 11 is 0. The SMILES string of the molecule is COC(=O)c1ccc(NC(=O)/C=C/c2ccc3c(c2)CCO3)cc1. The molecule has 0 aromatic heterocycles. The highest BCUT2D eigenvalue weighted by Crippen LogP contribution is 2.26. The first-order valence-corrected chi connectivity index (χ1v) is 7.59. The second-order valence-corrected chi connectivity index (χ2v) is 5.36. The van der Waals surface area contributed by atoms with Gasteiger partial charge in [0.05, 0.1) is 19.3 Å². The molecule has 0 aliphatic carbocycles. The molecule has 5 nitrogen and oxygen atoms in total. The van der Waals surface area contributed by atoms with Crippen molar-refractivity contribution in [2.75, 3.05) is 19.0 Å². The third kappa shape index (κ3) is 3.63. The van der Waals surface area contributed by atoms with Crippen LogP contribution >= 0.6 is 0 Å². The first-order valence-electron chi connectivity index (χ1n) is 7.59. The normalized spacial score (nSPS) is 12.5. The molecule has 1 N–H and O–H groups in total. The summed E-state index contributed by atoms with van der Waals surface area (Å²) in [5.74, 6) is 0.272. The number of hydrogen-bond acceptors (Lipinski definition) is 4. The van der Waals surface area contributed by atoms with Crippen LogP contribution < -0.4 is 10.1 Å². The summed E-state index contributed by atoms with van der Waals surface area (Å²) in [6.07, 6.45) is 4.14. The van der Waals surface area contributed by atoms with E-state index in [9.17, 15) is 9.59 Å². The van der Waals surface area contributed by atoms with Crippen molar-refractivity contribution in [1.82, 2.24) is 0 Å². The molecular formula is C19H17NO4. The topological polar surface area (TPSA) is 64.6 Å². The zero-order valence-electron chi connectivity index (χ0n) is 13.2. The molecule has 2 aromatic rings. The number of rotatable bonds is 4. The molecular weight excluding hydrogens is 306 g/mol. The lowest BCUT2D eigenvalue weighted by Crippen LogP contribution is -2.08.